The van der Waals surface area contributed by atoms with Crippen LogP contribution in [0.4, 0.5) is 5.82 Å². The van der Waals surface area contributed by atoms with Crippen LogP contribution < -0.4 is 5.32 Å². The molecule has 0 fully saturated rings. The van der Waals surface area contributed by atoms with Crippen LogP contribution in [0.2, 0.25) is 0 Å². The molecular formula is C14H13N5O2S. The number of carbonyl (C=O) groups excluding carboxylic acids is 1. The average Bonchev–Trinajstić information content (AvgIpc) is 3.16. The van der Waals surface area contributed by atoms with E-state index < -0.39 is 0 Å². The van der Waals surface area contributed by atoms with Crippen molar-refractivity contribution in [2.45, 2.75) is 13.2 Å². The van der Waals surface area contributed by atoms with E-state index in [0.29, 0.717) is 17.2 Å². The van der Waals surface area contributed by atoms with E-state index in [-0.39, 0.29) is 19.1 Å². The van der Waals surface area contributed by atoms with Crippen LogP contribution in [0.3, 0.4) is 0 Å². The van der Waals surface area contributed by atoms with Crippen molar-refractivity contribution >= 4 is 23.1 Å². The third kappa shape index (κ3) is 3.02. The molecule has 3 aromatic heterocycles. The van der Waals surface area contributed by atoms with Gasteiger partial charge in [0.25, 0.3) is 0 Å². The highest BCUT2D eigenvalue weighted by Crippen LogP contribution is 2.26. The van der Waals surface area contributed by atoms with Gasteiger partial charge in [-0.05, 0) is 23.6 Å². The molecule has 0 spiro atoms. The summed E-state index contributed by atoms with van der Waals surface area (Å²) >= 11 is 1.50. The number of aliphatic hydroxyl groups excluding tert-OH is 1. The lowest BCUT2D eigenvalue weighted by atomic mass is 10.2. The molecule has 0 saturated carbocycles. The molecule has 2 N–H and O–H groups in total. The maximum atomic E-state index is 12.1. The maximum absolute atomic E-state index is 12.1. The number of hydrogen-bond donors (Lipinski definition) is 2. The number of hydrogen-bond acceptors (Lipinski definition) is 6. The van der Waals surface area contributed by atoms with E-state index in [1.54, 1.807) is 24.4 Å². The lowest BCUT2D eigenvalue weighted by Crippen LogP contribution is -2.20. The summed E-state index contributed by atoms with van der Waals surface area (Å²) in [5.41, 5.74) is 1.11. The lowest BCUT2D eigenvalue weighted by Gasteiger charge is -2.07. The van der Waals surface area contributed by atoms with Gasteiger partial charge in [0.05, 0.1) is 11.5 Å². The van der Waals surface area contributed by atoms with Crippen LogP contribution in [0, 0.1) is 0 Å². The van der Waals surface area contributed by atoms with Crippen LogP contribution in [0.15, 0.2) is 41.9 Å². The van der Waals surface area contributed by atoms with Gasteiger partial charge in [0.15, 0.2) is 0 Å². The third-order valence-corrected chi connectivity index (χ3v) is 3.81. The van der Waals surface area contributed by atoms with E-state index in [0.717, 1.165) is 4.88 Å². The molecule has 112 valence electrons. The summed E-state index contributed by atoms with van der Waals surface area (Å²) in [7, 11) is 0. The first-order valence-electron chi connectivity index (χ1n) is 6.56. The second kappa shape index (κ2) is 6.46. The monoisotopic (exact) mass is 315 g/mol. The number of amides is 1. The van der Waals surface area contributed by atoms with Crippen LogP contribution >= 0.6 is 11.3 Å². The molecule has 8 heteroatoms. The summed E-state index contributed by atoms with van der Waals surface area (Å²) < 4.78 is 1.48. The minimum absolute atomic E-state index is 0.00317. The van der Waals surface area contributed by atoms with Crippen LogP contribution in [-0.4, -0.2) is 31.0 Å². The molecule has 1 amide bonds. The van der Waals surface area contributed by atoms with Crippen molar-refractivity contribution in [3.05, 3.63) is 47.6 Å². The molecule has 3 aromatic rings. The Morgan fingerprint density at radius 2 is 2.23 bits per heavy atom. The van der Waals surface area contributed by atoms with Crippen molar-refractivity contribution < 1.29 is 9.90 Å². The first-order valence-corrected chi connectivity index (χ1v) is 7.44. The standard InChI is InChI=1S/C14H13N5O2S/c20-9-10-14(11-4-3-7-22-11)19(18-17-10)8-13(21)16-12-5-1-2-6-15-12/h1-7,20H,8-9H2,(H,15,16,21). The fourth-order valence-corrected chi connectivity index (χ4v) is 2.80. The first kappa shape index (κ1) is 14.4. The number of aliphatic hydroxyl groups is 1. The largest absolute Gasteiger partial charge is 0.390 e. The summed E-state index contributed by atoms with van der Waals surface area (Å²) in [6.45, 7) is -0.230. The summed E-state index contributed by atoms with van der Waals surface area (Å²) in [6.07, 6.45) is 1.60. The van der Waals surface area contributed by atoms with Gasteiger partial charge in [-0.3, -0.25) is 4.79 Å². The zero-order chi connectivity index (χ0) is 15.4. The molecule has 0 aliphatic heterocycles. The molecule has 0 unspecified atom stereocenters. The minimum atomic E-state index is -0.258. The first-order chi connectivity index (χ1) is 10.8. The summed E-state index contributed by atoms with van der Waals surface area (Å²) in [5.74, 6) is 0.221. The van der Waals surface area contributed by atoms with E-state index in [4.69, 9.17) is 0 Å². The van der Waals surface area contributed by atoms with Crippen LogP contribution in [0.5, 0.6) is 0 Å². The maximum Gasteiger partial charge on any atom is 0.247 e. The van der Waals surface area contributed by atoms with Crippen molar-refractivity contribution in [1.29, 1.82) is 0 Å². The van der Waals surface area contributed by atoms with Gasteiger partial charge < -0.3 is 10.4 Å². The Morgan fingerprint density at radius 3 is 2.91 bits per heavy atom. The molecule has 3 heterocycles. The van der Waals surface area contributed by atoms with E-state index in [1.165, 1.54) is 16.0 Å². The van der Waals surface area contributed by atoms with Crippen molar-refractivity contribution in [2.75, 3.05) is 5.32 Å². The van der Waals surface area contributed by atoms with Gasteiger partial charge in [0.2, 0.25) is 5.91 Å². The Labute approximate surface area is 130 Å². The second-order valence-corrected chi connectivity index (χ2v) is 5.39. The van der Waals surface area contributed by atoms with Gasteiger partial charge in [0, 0.05) is 6.20 Å². The Hall–Kier alpha value is -2.58. The van der Waals surface area contributed by atoms with Gasteiger partial charge in [-0.25, -0.2) is 9.67 Å². The zero-order valence-electron chi connectivity index (χ0n) is 11.5. The molecule has 0 atom stereocenters. The van der Waals surface area contributed by atoms with E-state index in [1.807, 2.05) is 17.5 Å². The quantitative estimate of drug-likeness (QED) is 0.745. The third-order valence-electron chi connectivity index (χ3n) is 2.93. The number of rotatable bonds is 5. The average molecular weight is 315 g/mol. The van der Waals surface area contributed by atoms with Gasteiger partial charge >= 0.3 is 0 Å². The predicted molar refractivity (Wildman–Crippen MR) is 82.1 cm³/mol. The number of nitrogens with one attached hydrogen (secondary N) is 1. The molecule has 0 aromatic carbocycles. The van der Waals surface area contributed by atoms with E-state index >= 15 is 0 Å². The van der Waals surface area contributed by atoms with Gasteiger partial charge in [-0.1, -0.05) is 17.3 Å². The fraction of sp³-hybridized carbons (Fsp3) is 0.143. The topological polar surface area (TPSA) is 92.9 Å². The second-order valence-electron chi connectivity index (χ2n) is 4.44. The van der Waals surface area contributed by atoms with Crippen molar-refractivity contribution in [2.24, 2.45) is 0 Å². The Bertz CT molecular complexity index is 755. The number of nitrogens with zero attached hydrogens (tertiary/aromatic N) is 4. The molecule has 7 nitrogen and oxygen atoms in total. The lowest BCUT2D eigenvalue weighted by molar-refractivity contribution is -0.116. The molecule has 0 saturated heterocycles. The molecule has 0 aliphatic carbocycles. The fourth-order valence-electron chi connectivity index (χ4n) is 2.00. The minimum Gasteiger partial charge on any atom is -0.390 e. The normalized spacial score (nSPS) is 10.6. The molecule has 0 bridgehead atoms. The predicted octanol–water partition coefficient (Wildman–Crippen LogP) is 1.53. The van der Waals surface area contributed by atoms with Gasteiger partial charge in [0.1, 0.15) is 23.8 Å². The number of aromatic nitrogens is 4. The molecule has 3 rings (SSSR count). The zero-order valence-corrected chi connectivity index (χ0v) is 12.3. The molecular weight excluding hydrogens is 302 g/mol. The number of anilines is 1. The van der Waals surface area contributed by atoms with Crippen molar-refractivity contribution in [1.82, 2.24) is 20.0 Å². The smallest absolute Gasteiger partial charge is 0.247 e. The molecule has 22 heavy (non-hydrogen) atoms. The SMILES string of the molecule is O=C(Cn1nnc(CO)c1-c1cccs1)Nc1ccccn1. The van der Waals surface area contributed by atoms with E-state index in [9.17, 15) is 9.90 Å². The van der Waals surface area contributed by atoms with Crippen LogP contribution in [-0.2, 0) is 17.9 Å². The Balaban J connectivity index is 1.81. The van der Waals surface area contributed by atoms with Gasteiger partial charge in [-0.15, -0.1) is 16.4 Å². The van der Waals surface area contributed by atoms with Gasteiger partial charge in [-0.2, -0.15) is 0 Å². The summed E-state index contributed by atoms with van der Waals surface area (Å²) in [5, 5.41) is 21.9. The highest BCUT2D eigenvalue weighted by Gasteiger charge is 2.17. The number of thiophene rings is 1. The summed E-state index contributed by atoms with van der Waals surface area (Å²) in [4.78, 5) is 17.0. The number of carbonyl (C=O) groups is 1. The highest BCUT2D eigenvalue weighted by molar-refractivity contribution is 7.13. The molecule has 0 radical (unpaired) electrons. The van der Waals surface area contributed by atoms with Crippen molar-refractivity contribution in [3.63, 3.8) is 0 Å². The Kier molecular flexibility index (Phi) is 4.22. The highest BCUT2D eigenvalue weighted by atomic mass is 32.1. The summed E-state index contributed by atoms with van der Waals surface area (Å²) in [6, 6.07) is 9.06. The van der Waals surface area contributed by atoms with Crippen molar-refractivity contribution in [3.8, 4) is 10.6 Å². The molecule has 0 aliphatic rings. The Morgan fingerprint density at radius 1 is 1.32 bits per heavy atom. The van der Waals surface area contributed by atoms with Crippen LogP contribution in [0.25, 0.3) is 10.6 Å². The number of pyridine rings is 1. The van der Waals surface area contributed by atoms with Crippen LogP contribution in [0.1, 0.15) is 5.69 Å². The van der Waals surface area contributed by atoms with E-state index in [2.05, 4.69) is 20.6 Å².